The molecular weight excluding hydrogens is 314 g/mol. The quantitative estimate of drug-likeness (QED) is 0.556. The van der Waals surface area contributed by atoms with Crippen LogP contribution >= 0.6 is 12.4 Å². The Labute approximate surface area is 139 Å². The lowest BCUT2D eigenvalue weighted by Gasteiger charge is -2.07. The van der Waals surface area contributed by atoms with Gasteiger partial charge in [-0.25, -0.2) is 4.98 Å². The Morgan fingerprint density at radius 3 is 2.61 bits per heavy atom. The second-order valence-electron chi connectivity index (χ2n) is 4.89. The van der Waals surface area contributed by atoms with Crippen molar-refractivity contribution in [1.82, 2.24) is 9.55 Å². The molecule has 0 bridgehead atoms. The number of halogens is 1. The van der Waals surface area contributed by atoms with Crippen molar-refractivity contribution in [2.45, 2.75) is 6.92 Å². The number of nitrogens with two attached hydrogens (primary N) is 2. The van der Waals surface area contributed by atoms with Crippen LogP contribution in [0.25, 0.3) is 16.7 Å². The van der Waals surface area contributed by atoms with Gasteiger partial charge in [0.1, 0.15) is 5.82 Å². The maximum atomic E-state index is 12.0. The Hall–Kier alpha value is -2.86. The Morgan fingerprint density at radius 2 is 1.87 bits per heavy atom. The Balaban J connectivity index is 0.00000192. The molecular formula is C16H16ClN5O. The molecule has 0 aliphatic carbocycles. The van der Waals surface area contributed by atoms with E-state index in [9.17, 15) is 4.79 Å². The number of carbonyl (C=O) groups is 1. The molecule has 0 aliphatic rings. The minimum atomic E-state index is -0.461. The summed E-state index contributed by atoms with van der Waals surface area (Å²) in [4.78, 5) is 20.1. The molecule has 7 heteroatoms. The van der Waals surface area contributed by atoms with Gasteiger partial charge in [0.2, 0.25) is 0 Å². The van der Waals surface area contributed by atoms with Gasteiger partial charge in [0.15, 0.2) is 5.96 Å². The topological polar surface area (TPSA) is 99.3 Å². The first-order chi connectivity index (χ1) is 10.6. The number of aromatic nitrogens is 2. The summed E-state index contributed by atoms with van der Waals surface area (Å²) in [6.07, 6.45) is 1.78. The number of rotatable bonds is 2. The molecule has 6 nitrogen and oxygen atoms in total. The van der Waals surface area contributed by atoms with E-state index in [1.165, 1.54) is 0 Å². The number of guanidine groups is 1. The molecule has 4 N–H and O–H groups in total. The van der Waals surface area contributed by atoms with Gasteiger partial charge in [-0.3, -0.25) is 4.79 Å². The Morgan fingerprint density at radius 1 is 1.13 bits per heavy atom. The molecule has 0 saturated carbocycles. The van der Waals surface area contributed by atoms with E-state index in [1.807, 2.05) is 47.9 Å². The lowest BCUT2D eigenvalue weighted by molar-refractivity contribution is 0.100. The number of amides is 1. The molecule has 0 atom stereocenters. The van der Waals surface area contributed by atoms with E-state index in [4.69, 9.17) is 11.5 Å². The fourth-order valence-electron chi connectivity index (χ4n) is 2.35. The summed E-state index contributed by atoms with van der Waals surface area (Å²) in [6.45, 7) is 1.83. The summed E-state index contributed by atoms with van der Waals surface area (Å²) in [5.74, 6) is 0.0259. The monoisotopic (exact) mass is 329 g/mol. The lowest BCUT2D eigenvalue weighted by atomic mass is 10.2. The highest BCUT2D eigenvalue weighted by atomic mass is 35.5. The van der Waals surface area contributed by atoms with E-state index < -0.39 is 5.91 Å². The van der Waals surface area contributed by atoms with Gasteiger partial charge in [0, 0.05) is 17.3 Å². The predicted molar refractivity (Wildman–Crippen MR) is 93.2 cm³/mol. The van der Waals surface area contributed by atoms with Crippen LogP contribution in [0.5, 0.6) is 0 Å². The molecule has 1 amide bonds. The number of pyridine rings is 1. The third-order valence-electron chi connectivity index (χ3n) is 3.43. The molecule has 0 fully saturated rings. The van der Waals surface area contributed by atoms with Crippen LogP contribution in [0.4, 0.5) is 0 Å². The second kappa shape index (κ2) is 6.50. The maximum Gasteiger partial charge on any atom is 0.282 e. The SMILES string of the molecule is Cc1c(C(=O)N=C(N)N)ccn1-c1ccc2ccccc2n1.Cl. The number of benzene rings is 1. The smallest absolute Gasteiger partial charge is 0.282 e. The average Bonchev–Trinajstić information content (AvgIpc) is 2.88. The first kappa shape index (κ1) is 16.5. The van der Waals surface area contributed by atoms with Gasteiger partial charge in [-0.05, 0) is 31.2 Å². The molecule has 0 unspecified atom stereocenters. The van der Waals surface area contributed by atoms with Crippen molar-refractivity contribution < 1.29 is 4.79 Å². The van der Waals surface area contributed by atoms with E-state index in [0.29, 0.717) is 5.56 Å². The van der Waals surface area contributed by atoms with Crippen LogP contribution in [0.2, 0.25) is 0 Å². The first-order valence-corrected chi connectivity index (χ1v) is 6.74. The number of aliphatic imine (C=N–C) groups is 1. The summed E-state index contributed by atoms with van der Waals surface area (Å²) in [7, 11) is 0. The molecule has 0 saturated heterocycles. The van der Waals surface area contributed by atoms with Crippen molar-refractivity contribution in [3.8, 4) is 5.82 Å². The van der Waals surface area contributed by atoms with Crippen molar-refractivity contribution in [3.63, 3.8) is 0 Å². The molecule has 2 heterocycles. The zero-order valence-corrected chi connectivity index (χ0v) is 13.2. The van der Waals surface area contributed by atoms with Gasteiger partial charge < -0.3 is 16.0 Å². The minimum absolute atomic E-state index is 0. The number of nitrogens with zero attached hydrogens (tertiary/aromatic N) is 3. The molecule has 0 spiro atoms. The van der Waals surface area contributed by atoms with Gasteiger partial charge in [0.05, 0.1) is 11.1 Å². The van der Waals surface area contributed by atoms with E-state index in [-0.39, 0.29) is 18.4 Å². The molecule has 0 radical (unpaired) electrons. The lowest BCUT2D eigenvalue weighted by Crippen LogP contribution is -2.24. The highest BCUT2D eigenvalue weighted by molar-refractivity contribution is 6.02. The molecule has 3 aromatic rings. The summed E-state index contributed by atoms with van der Waals surface area (Å²) < 4.78 is 1.84. The fourth-order valence-corrected chi connectivity index (χ4v) is 2.35. The molecule has 1 aromatic carbocycles. The molecule has 3 rings (SSSR count). The van der Waals surface area contributed by atoms with Crippen LogP contribution in [-0.4, -0.2) is 21.4 Å². The zero-order chi connectivity index (χ0) is 15.7. The predicted octanol–water partition coefficient (Wildman–Crippen LogP) is 2.17. The second-order valence-corrected chi connectivity index (χ2v) is 4.89. The summed E-state index contributed by atoms with van der Waals surface area (Å²) in [5.41, 5.74) is 12.6. The van der Waals surface area contributed by atoms with Gasteiger partial charge in [-0.15, -0.1) is 12.4 Å². The van der Waals surface area contributed by atoms with Crippen molar-refractivity contribution in [3.05, 3.63) is 59.9 Å². The summed E-state index contributed by atoms with van der Waals surface area (Å²) in [5, 5.41) is 1.06. The fraction of sp³-hybridized carbons (Fsp3) is 0.0625. The number of para-hydroxylation sites is 1. The highest BCUT2D eigenvalue weighted by Gasteiger charge is 2.14. The Kier molecular flexibility index (Phi) is 4.66. The van der Waals surface area contributed by atoms with Gasteiger partial charge in [0.25, 0.3) is 5.91 Å². The van der Waals surface area contributed by atoms with Gasteiger partial charge in [-0.1, -0.05) is 18.2 Å². The van der Waals surface area contributed by atoms with Crippen LogP contribution in [0, 0.1) is 6.92 Å². The Bertz CT molecular complexity index is 896. The third-order valence-corrected chi connectivity index (χ3v) is 3.43. The maximum absolute atomic E-state index is 12.0. The third kappa shape index (κ3) is 3.17. The molecule has 2 aromatic heterocycles. The van der Waals surface area contributed by atoms with E-state index >= 15 is 0 Å². The molecule has 0 aliphatic heterocycles. The van der Waals surface area contributed by atoms with Crippen LogP contribution in [0.15, 0.2) is 53.7 Å². The van der Waals surface area contributed by atoms with Gasteiger partial charge >= 0.3 is 0 Å². The summed E-state index contributed by atoms with van der Waals surface area (Å²) >= 11 is 0. The zero-order valence-electron chi connectivity index (χ0n) is 12.4. The largest absolute Gasteiger partial charge is 0.370 e. The number of fused-ring (bicyclic) bond motifs is 1. The average molecular weight is 330 g/mol. The minimum Gasteiger partial charge on any atom is -0.370 e. The standard InChI is InChI=1S/C16H15N5O.ClH/c1-10-12(15(22)20-16(17)18)8-9-21(10)14-7-6-11-4-2-3-5-13(11)19-14;/h2-9H,1H3,(H4,17,18,20,22);1H. The van der Waals surface area contributed by atoms with Crippen molar-refractivity contribution in [2.24, 2.45) is 16.5 Å². The van der Waals surface area contributed by atoms with Crippen LogP contribution < -0.4 is 11.5 Å². The normalized spacial score (nSPS) is 10.1. The highest BCUT2D eigenvalue weighted by Crippen LogP contribution is 2.19. The number of hydrogen-bond donors (Lipinski definition) is 2. The number of carbonyl (C=O) groups excluding carboxylic acids is 1. The van der Waals surface area contributed by atoms with Crippen LogP contribution in [0.1, 0.15) is 16.1 Å². The van der Waals surface area contributed by atoms with Crippen LogP contribution in [0.3, 0.4) is 0 Å². The molecule has 118 valence electrons. The number of hydrogen-bond acceptors (Lipinski definition) is 2. The van der Waals surface area contributed by atoms with E-state index in [2.05, 4.69) is 9.98 Å². The summed E-state index contributed by atoms with van der Waals surface area (Å²) in [6, 6.07) is 13.4. The van der Waals surface area contributed by atoms with E-state index in [1.54, 1.807) is 12.3 Å². The molecule has 23 heavy (non-hydrogen) atoms. The van der Waals surface area contributed by atoms with Crippen molar-refractivity contribution in [2.75, 3.05) is 0 Å². The van der Waals surface area contributed by atoms with E-state index in [0.717, 1.165) is 22.4 Å². The van der Waals surface area contributed by atoms with Crippen molar-refractivity contribution >= 4 is 35.2 Å². The first-order valence-electron chi connectivity index (χ1n) is 6.74. The van der Waals surface area contributed by atoms with Crippen LogP contribution in [-0.2, 0) is 0 Å². The van der Waals surface area contributed by atoms with Crippen molar-refractivity contribution in [1.29, 1.82) is 0 Å². The van der Waals surface area contributed by atoms with Gasteiger partial charge in [-0.2, -0.15) is 4.99 Å².